The number of sulfonamides is 1. The van der Waals surface area contributed by atoms with E-state index in [0.717, 1.165) is 6.42 Å². The van der Waals surface area contributed by atoms with Crippen molar-refractivity contribution < 1.29 is 45.4 Å². The standard InChI is InChI=1S/C14H19FN2O4S.C2HF3O2/c1-2-22(18,19)17-9-14(10-17)11(5-7-21-14)8-20-13-12(15)4-3-6-16-13;3-2(4,5)1(6)7/h3-4,6,11H,2,5,7-10H2,1H3;(H,6,7). The summed E-state index contributed by atoms with van der Waals surface area (Å²) in [6.45, 7) is 3.16. The molecular weight excluding hydrogens is 424 g/mol. The minimum Gasteiger partial charge on any atom is -0.475 e. The van der Waals surface area contributed by atoms with Gasteiger partial charge in [-0.15, -0.1) is 0 Å². The van der Waals surface area contributed by atoms with Crippen LogP contribution in [0.2, 0.25) is 0 Å². The Hall–Kier alpha value is -1.99. The molecule has 164 valence electrons. The Morgan fingerprint density at radius 3 is 2.59 bits per heavy atom. The Morgan fingerprint density at radius 2 is 2.07 bits per heavy atom. The Labute approximate surface area is 164 Å². The minimum atomic E-state index is -5.08. The van der Waals surface area contributed by atoms with Crippen molar-refractivity contribution in [2.45, 2.75) is 25.1 Å². The van der Waals surface area contributed by atoms with Crippen LogP contribution >= 0.6 is 0 Å². The number of hydrogen-bond acceptors (Lipinski definition) is 6. The summed E-state index contributed by atoms with van der Waals surface area (Å²) in [5, 5.41) is 7.12. The SMILES string of the molecule is CCS(=O)(=O)N1CC2(C1)OCCC2COc1ncccc1F.O=C(O)C(F)(F)F. The molecule has 0 amide bonds. The van der Waals surface area contributed by atoms with Crippen molar-refractivity contribution in [3.63, 3.8) is 0 Å². The van der Waals surface area contributed by atoms with Crippen LogP contribution in [0.5, 0.6) is 5.88 Å². The van der Waals surface area contributed by atoms with Crippen molar-refractivity contribution in [1.82, 2.24) is 9.29 Å². The Kier molecular flexibility index (Phi) is 7.06. The molecule has 2 aliphatic rings. The first-order valence-corrected chi connectivity index (χ1v) is 10.2. The van der Waals surface area contributed by atoms with Gasteiger partial charge in [0, 0.05) is 31.8 Å². The molecule has 0 aromatic carbocycles. The Bertz CT molecular complexity index is 827. The van der Waals surface area contributed by atoms with Gasteiger partial charge in [-0.25, -0.2) is 22.6 Å². The number of pyridine rings is 1. The molecular formula is C16H20F4N2O6S. The summed E-state index contributed by atoms with van der Waals surface area (Å²) in [5.74, 6) is -3.16. The molecule has 0 bridgehead atoms. The molecule has 1 spiro atoms. The Morgan fingerprint density at radius 1 is 1.45 bits per heavy atom. The molecule has 1 aromatic heterocycles. The molecule has 0 saturated carbocycles. The predicted octanol–water partition coefficient (Wildman–Crippen LogP) is 1.67. The number of ether oxygens (including phenoxy) is 2. The Balaban J connectivity index is 0.000000370. The first kappa shape index (κ1) is 23.3. The van der Waals surface area contributed by atoms with Gasteiger partial charge in [0.1, 0.15) is 5.60 Å². The monoisotopic (exact) mass is 444 g/mol. The van der Waals surface area contributed by atoms with Gasteiger partial charge in [0.25, 0.3) is 0 Å². The van der Waals surface area contributed by atoms with E-state index in [9.17, 15) is 26.0 Å². The van der Waals surface area contributed by atoms with E-state index in [1.807, 2.05) is 0 Å². The highest BCUT2D eigenvalue weighted by Crippen LogP contribution is 2.41. The van der Waals surface area contributed by atoms with E-state index in [4.69, 9.17) is 19.4 Å². The zero-order valence-electron chi connectivity index (χ0n) is 15.4. The molecule has 13 heteroatoms. The largest absolute Gasteiger partial charge is 0.490 e. The van der Waals surface area contributed by atoms with Crippen molar-refractivity contribution in [2.75, 3.05) is 32.1 Å². The lowest BCUT2D eigenvalue weighted by molar-refractivity contribution is -0.192. The third-order valence-corrected chi connectivity index (χ3v) is 6.41. The van der Waals surface area contributed by atoms with Crippen LogP contribution in [0.4, 0.5) is 17.6 Å². The summed E-state index contributed by atoms with van der Waals surface area (Å²) in [5.41, 5.74) is -0.493. The van der Waals surface area contributed by atoms with E-state index in [2.05, 4.69) is 4.98 Å². The number of carbonyl (C=O) groups is 1. The average Bonchev–Trinajstić information content (AvgIpc) is 3.03. The van der Waals surface area contributed by atoms with Crippen LogP contribution in [0.25, 0.3) is 0 Å². The number of aromatic nitrogens is 1. The van der Waals surface area contributed by atoms with Crippen LogP contribution < -0.4 is 4.74 Å². The molecule has 0 radical (unpaired) electrons. The van der Waals surface area contributed by atoms with Crippen molar-refractivity contribution in [1.29, 1.82) is 0 Å². The maximum Gasteiger partial charge on any atom is 0.490 e. The lowest BCUT2D eigenvalue weighted by Gasteiger charge is -2.48. The van der Waals surface area contributed by atoms with Crippen LogP contribution in [-0.4, -0.2) is 72.6 Å². The maximum atomic E-state index is 13.5. The number of nitrogens with zero attached hydrogens (tertiary/aromatic N) is 2. The van der Waals surface area contributed by atoms with E-state index < -0.39 is 33.6 Å². The molecule has 2 saturated heterocycles. The summed E-state index contributed by atoms with van der Waals surface area (Å²) in [6, 6.07) is 2.80. The molecule has 8 nitrogen and oxygen atoms in total. The van der Waals surface area contributed by atoms with Crippen LogP contribution in [0.3, 0.4) is 0 Å². The fourth-order valence-corrected chi connectivity index (χ4v) is 4.15. The van der Waals surface area contributed by atoms with Gasteiger partial charge in [-0.2, -0.15) is 17.5 Å². The number of hydrogen-bond donors (Lipinski definition) is 1. The summed E-state index contributed by atoms with van der Waals surface area (Å²) in [4.78, 5) is 12.7. The van der Waals surface area contributed by atoms with Gasteiger partial charge in [-0.3, -0.25) is 0 Å². The number of rotatable bonds is 5. The van der Waals surface area contributed by atoms with Crippen LogP contribution in [0, 0.1) is 11.7 Å². The summed E-state index contributed by atoms with van der Waals surface area (Å²) >= 11 is 0. The predicted molar refractivity (Wildman–Crippen MR) is 91.2 cm³/mol. The van der Waals surface area contributed by atoms with E-state index in [0.29, 0.717) is 19.7 Å². The number of alkyl halides is 3. The van der Waals surface area contributed by atoms with Crippen LogP contribution in [0.15, 0.2) is 18.3 Å². The molecule has 2 fully saturated rings. The highest BCUT2D eigenvalue weighted by molar-refractivity contribution is 7.89. The number of carboxylic acids is 1. The van der Waals surface area contributed by atoms with Gasteiger partial charge in [0.15, 0.2) is 5.82 Å². The zero-order chi connectivity index (χ0) is 21.9. The van der Waals surface area contributed by atoms with E-state index >= 15 is 0 Å². The van der Waals surface area contributed by atoms with Gasteiger partial charge in [0.05, 0.1) is 12.4 Å². The van der Waals surface area contributed by atoms with Gasteiger partial charge >= 0.3 is 12.1 Å². The average molecular weight is 444 g/mol. The normalized spacial score (nSPS) is 21.2. The zero-order valence-corrected chi connectivity index (χ0v) is 16.2. The fraction of sp³-hybridized carbons (Fsp3) is 0.625. The van der Waals surface area contributed by atoms with Crippen molar-refractivity contribution in [3.05, 3.63) is 24.1 Å². The number of carboxylic acid groups (broad SMARTS) is 1. The fourth-order valence-electron chi connectivity index (χ4n) is 2.96. The highest BCUT2D eigenvalue weighted by Gasteiger charge is 2.56. The van der Waals surface area contributed by atoms with Gasteiger partial charge in [-0.1, -0.05) is 0 Å². The molecule has 3 heterocycles. The molecule has 1 unspecified atom stereocenters. The van der Waals surface area contributed by atoms with Gasteiger partial charge < -0.3 is 14.6 Å². The van der Waals surface area contributed by atoms with Crippen molar-refractivity contribution in [2.24, 2.45) is 5.92 Å². The molecule has 1 aromatic rings. The quantitative estimate of drug-likeness (QED) is 0.689. The minimum absolute atomic E-state index is 0.0260. The molecule has 1 N–H and O–H groups in total. The lowest BCUT2D eigenvalue weighted by Crippen LogP contribution is -2.66. The second-order valence-corrected chi connectivity index (χ2v) is 8.73. The smallest absolute Gasteiger partial charge is 0.475 e. The molecule has 1 atom stereocenters. The van der Waals surface area contributed by atoms with Gasteiger partial charge in [0.2, 0.25) is 15.9 Å². The number of aliphatic carboxylic acids is 1. The van der Waals surface area contributed by atoms with Crippen molar-refractivity contribution >= 4 is 16.0 Å². The number of halogens is 4. The maximum absolute atomic E-state index is 13.5. The molecule has 0 aliphatic carbocycles. The highest BCUT2D eigenvalue weighted by atomic mass is 32.2. The lowest BCUT2D eigenvalue weighted by atomic mass is 9.83. The second kappa shape index (κ2) is 8.79. The summed E-state index contributed by atoms with van der Waals surface area (Å²) in [6.07, 6.45) is -2.84. The first-order chi connectivity index (χ1) is 13.4. The van der Waals surface area contributed by atoms with Crippen LogP contribution in [-0.2, 0) is 19.6 Å². The molecule has 2 aliphatic heterocycles. The molecule has 29 heavy (non-hydrogen) atoms. The van der Waals surface area contributed by atoms with Crippen molar-refractivity contribution in [3.8, 4) is 5.88 Å². The molecule has 3 rings (SSSR count). The van der Waals surface area contributed by atoms with Crippen LogP contribution in [0.1, 0.15) is 13.3 Å². The van der Waals surface area contributed by atoms with E-state index in [-0.39, 0.29) is 24.2 Å². The van der Waals surface area contributed by atoms with E-state index in [1.54, 1.807) is 6.92 Å². The summed E-state index contributed by atoms with van der Waals surface area (Å²) in [7, 11) is -3.18. The van der Waals surface area contributed by atoms with Gasteiger partial charge in [-0.05, 0) is 25.5 Å². The third kappa shape index (κ3) is 5.54. The topological polar surface area (TPSA) is 106 Å². The second-order valence-electron chi connectivity index (χ2n) is 6.47. The third-order valence-electron chi connectivity index (χ3n) is 4.63. The summed E-state index contributed by atoms with van der Waals surface area (Å²) < 4.78 is 81.6. The van der Waals surface area contributed by atoms with E-state index in [1.165, 1.54) is 22.6 Å². The first-order valence-electron chi connectivity index (χ1n) is 8.56.